The molecule has 0 radical (unpaired) electrons. The monoisotopic (exact) mass is 326 g/mol. The number of nitrogens with one attached hydrogen (secondary N) is 1. The standard InChI is InChI=1S/C18H18N2O4/c1-13(15-7-8-16-17(9-15)23-12-22-16)20-24-11-18(21)19-10-14-5-3-2-4-6-14/h2-9H,10-12H2,1H3,(H,19,21)/b20-13-. The van der Waals surface area contributed by atoms with Crippen molar-refractivity contribution in [2.45, 2.75) is 13.5 Å². The van der Waals surface area contributed by atoms with Gasteiger partial charge >= 0.3 is 0 Å². The summed E-state index contributed by atoms with van der Waals surface area (Å²) in [5, 5.41) is 6.75. The molecule has 0 saturated heterocycles. The van der Waals surface area contributed by atoms with Crippen molar-refractivity contribution in [3.63, 3.8) is 0 Å². The zero-order chi connectivity index (χ0) is 16.8. The number of amides is 1. The molecule has 0 aromatic heterocycles. The van der Waals surface area contributed by atoms with Crippen molar-refractivity contribution < 1.29 is 19.1 Å². The molecular formula is C18H18N2O4. The van der Waals surface area contributed by atoms with Crippen molar-refractivity contribution in [1.29, 1.82) is 0 Å². The van der Waals surface area contributed by atoms with Crippen LogP contribution in [0.2, 0.25) is 0 Å². The highest BCUT2D eigenvalue weighted by Crippen LogP contribution is 2.32. The van der Waals surface area contributed by atoms with E-state index >= 15 is 0 Å². The summed E-state index contributed by atoms with van der Waals surface area (Å²) in [7, 11) is 0. The van der Waals surface area contributed by atoms with Gasteiger partial charge in [0.15, 0.2) is 18.1 Å². The second-order valence-corrected chi connectivity index (χ2v) is 5.28. The number of fused-ring (bicyclic) bond motifs is 1. The lowest BCUT2D eigenvalue weighted by Gasteiger charge is -2.05. The van der Waals surface area contributed by atoms with Crippen LogP contribution in [0.3, 0.4) is 0 Å². The van der Waals surface area contributed by atoms with Crippen LogP contribution in [0.5, 0.6) is 11.5 Å². The van der Waals surface area contributed by atoms with Crippen LogP contribution in [0.25, 0.3) is 0 Å². The van der Waals surface area contributed by atoms with Crippen molar-refractivity contribution in [3.05, 3.63) is 59.7 Å². The number of hydrogen-bond donors (Lipinski definition) is 1. The molecule has 0 saturated carbocycles. The van der Waals surface area contributed by atoms with Crippen LogP contribution >= 0.6 is 0 Å². The quantitative estimate of drug-likeness (QED) is 0.654. The molecule has 3 rings (SSSR count). The summed E-state index contributed by atoms with van der Waals surface area (Å²) >= 11 is 0. The van der Waals surface area contributed by atoms with Crippen LogP contribution < -0.4 is 14.8 Å². The van der Waals surface area contributed by atoms with Gasteiger partial charge in [-0.3, -0.25) is 4.79 Å². The van der Waals surface area contributed by atoms with Crippen molar-refractivity contribution in [2.75, 3.05) is 13.4 Å². The number of hydrogen-bond acceptors (Lipinski definition) is 5. The fourth-order valence-electron chi connectivity index (χ4n) is 2.21. The van der Waals surface area contributed by atoms with Crippen LogP contribution in [0.15, 0.2) is 53.7 Å². The molecule has 2 aromatic carbocycles. The van der Waals surface area contributed by atoms with Crippen LogP contribution in [0, 0.1) is 0 Å². The Morgan fingerprint density at radius 2 is 1.96 bits per heavy atom. The zero-order valence-electron chi connectivity index (χ0n) is 13.3. The number of carbonyl (C=O) groups is 1. The van der Waals surface area contributed by atoms with Crippen LogP contribution in [-0.4, -0.2) is 25.0 Å². The van der Waals surface area contributed by atoms with E-state index in [0.717, 1.165) is 11.1 Å². The topological polar surface area (TPSA) is 69.2 Å². The van der Waals surface area contributed by atoms with Gasteiger partial charge in [-0.05, 0) is 30.7 Å². The van der Waals surface area contributed by atoms with Crippen molar-refractivity contribution >= 4 is 11.6 Å². The van der Waals surface area contributed by atoms with Gasteiger partial charge in [0.2, 0.25) is 6.79 Å². The van der Waals surface area contributed by atoms with Crippen LogP contribution in [0.4, 0.5) is 0 Å². The van der Waals surface area contributed by atoms with E-state index in [1.807, 2.05) is 48.5 Å². The minimum Gasteiger partial charge on any atom is -0.454 e. The van der Waals surface area contributed by atoms with E-state index in [2.05, 4.69) is 10.5 Å². The Bertz CT molecular complexity index is 744. The average molecular weight is 326 g/mol. The number of oxime groups is 1. The first-order chi connectivity index (χ1) is 11.7. The van der Waals surface area contributed by atoms with Gasteiger partial charge in [-0.15, -0.1) is 0 Å². The Morgan fingerprint density at radius 1 is 1.17 bits per heavy atom. The molecule has 1 amide bonds. The third-order valence-electron chi connectivity index (χ3n) is 3.52. The number of carbonyl (C=O) groups excluding carboxylic acids is 1. The molecule has 0 unspecified atom stereocenters. The highest BCUT2D eigenvalue weighted by atomic mass is 16.7. The Kier molecular flexibility index (Phi) is 4.96. The lowest BCUT2D eigenvalue weighted by molar-refractivity contribution is -0.125. The van der Waals surface area contributed by atoms with Crippen molar-refractivity contribution in [2.24, 2.45) is 5.16 Å². The van der Waals surface area contributed by atoms with Gasteiger partial charge in [-0.2, -0.15) is 0 Å². The highest BCUT2D eigenvalue weighted by molar-refractivity contribution is 5.99. The molecular weight excluding hydrogens is 308 g/mol. The number of nitrogens with zero attached hydrogens (tertiary/aromatic N) is 1. The molecule has 124 valence electrons. The molecule has 1 N–H and O–H groups in total. The van der Waals surface area contributed by atoms with E-state index in [-0.39, 0.29) is 19.3 Å². The molecule has 6 nitrogen and oxygen atoms in total. The summed E-state index contributed by atoms with van der Waals surface area (Å²) < 4.78 is 10.6. The highest BCUT2D eigenvalue weighted by Gasteiger charge is 2.14. The van der Waals surface area contributed by atoms with Crippen LogP contribution in [0.1, 0.15) is 18.1 Å². The van der Waals surface area contributed by atoms with Gasteiger partial charge in [0, 0.05) is 12.1 Å². The molecule has 24 heavy (non-hydrogen) atoms. The third-order valence-corrected chi connectivity index (χ3v) is 3.52. The van der Waals surface area contributed by atoms with E-state index < -0.39 is 0 Å². The molecule has 1 heterocycles. The normalized spacial score (nSPS) is 12.8. The maximum absolute atomic E-state index is 11.7. The Morgan fingerprint density at radius 3 is 2.79 bits per heavy atom. The Balaban J connectivity index is 1.47. The molecule has 2 aromatic rings. The Labute approximate surface area is 140 Å². The summed E-state index contributed by atoms with van der Waals surface area (Å²) in [6, 6.07) is 15.2. The average Bonchev–Trinajstić information content (AvgIpc) is 3.08. The first-order valence-electron chi connectivity index (χ1n) is 7.59. The van der Waals surface area contributed by atoms with Gasteiger partial charge < -0.3 is 19.6 Å². The predicted octanol–water partition coefficient (Wildman–Crippen LogP) is 2.47. The number of benzene rings is 2. The minimum absolute atomic E-state index is 0.130. The second-order valence-electron chi connectivity index (χ2n) is 5.28. The zero-order valence-corrected chi connectivity index (χ0v) is 13.3. The second kappa shape index (κ2) is 7.50. The summed E-state index contributed by atoms with van der Waals surface area (Å²) in [5.41, 5.74) is 2.54. The summed E-state index contributed by atoms with van der Waals surface area (Å²) in [5.74, 6) is 1.18. The van der Waals surface area contributed by atoms with E-state index in [4.69, 9.17) is 14.3 Å². The molecule has 1 aliphatic heterocycles. The number of ether oxygens (including phenoxy) is 2. The van der Waals surface area contributed by atoms with Gasteiger partial charge in [-0.1, -0.05) is 35.5 Å². The maximum Gasteiger partial charge on any atom is 0.261 e. The van der Waals surface area contributed by atoms with Gasteiger partial charge in [0.05, 0.1) is 5.71 Å². The molecule has 0 bridgehead atoms. The molecule has 0 aliphatic carbocycles. The van der Waals surface area contributed by atoms with Gasteiger partial charge in [-0.25, -0.2) is 0 Å². The lowest BCUT2D eigenvalue weighted by atomic mass is 10.1. The molecule has 0 fully saturated rings. The first kappa shape index (κ1) is 15.9. The SMILES string of the molecule is C/C(=N/OCC(=O)NCc1ccccc1)c1ccc2c(c1)OCO2. The summed E-state index contributed by atoms with van der Waals surface area (Å²) in [6.45, 7) is 2.37. The van der Waals surface area contributed by atoms with Crippen molar-refractivity contribution in [1.82, 2.24) is 5.32 Å². The fraction of sp³-hybridized carbons (Fsp3) is 0.222. The van der Waals surface area contributed by atoms with Gasteiger partial charge in [0.1, 0.15) is 0 Å². The fourth-order valence-corrected chi connectivity index (χ4v) is 2.21. The Hall–Kier alpha value is -3.02. The predicted molar refractivity (Wildman–Crippen MR) is 89.0 cm³/mol. The van der Waals surface area contributed by atoms with E-state index in [1.54, 1.807) is 6.92 Å². The third kappa shape index (κ3) is 4.04. The van der Waals surface area contributed by atoms with E-state index in [9.17, 15) is 4.79 Å². The number of rotatable bonds is 6. The molecule has 0 atom stereocenters. The summed E-state index contributed by atoms with van der Waals surface area (Å²) in [4.78, 5) is 16.9. The summed E-state index contributed by atoms with van der Waals surface area (Å²) in [6.07, 6.45) is 0. The molecule has 0 spiro atoms. The smallest absolute Gasteiger partial charge is 0.261 e. The molecule has 1 aliphatic rings. The van der Waals surface area contributed by atoms with Crippen LogP contribution in [-0.2, 0) is 16.2 Å². The van der Waals surface area contributed by atoms with Crippen molar-refractivity contribution in [3.8, 4) is 11.5 Å². The largest absolute Gasteiger partial charge is 0.454 e. The lowest BCUT2D eigenvalue weighted by Crippen LogP contribution is -2.26. The van der Waals surface area contributed by atoms with Gasteiger partial charge in [0.25, 0.3) is 5.91 Å². The molecule has 6 heteroatoms. The maximum atomic E-state index is 11.7. The first-order valence-corrected chi connectivity index (χ1v) is 7.59. The van der Waals surface area contributed by atoms with E-state index in [1.165, 1.54) is 0 Å². The van der Waals surface area contributed by atoms with E-state index in [0.29, 0.717) is 23.8 Å². The minimum atomic E-state index is -0.221.